The molecule has 0 atom stereocenters. The van der Waals surface area contributed by atoms with Gasteiger partial charge >= 0.3 is 0 Å². The van der Waals surface area contributed by atoms with Gasteiger partial charge in [0.25, 0.3) is 11.8 Å². The summed E-state index contributed by atoms with van der Waals surface area (Å²) < 4.78 is 0. The summed E-state index contributed by atoms with van der Waals surface area (Å²) in [5.74, 6) is -0.642. The normalized spacial score (nSPS) is 13.2. The van der Waals surface area contributed by atoms with Crippen LogP contribution in [0.15, 0.2) is 42.5 Å². The molecule has 2 aromatic carbocycles. The van der Waals surface area contributed by atoms with Crippen LogP contribution >= 0.6 is 0 Å². The molecule has 0 unspecified atom stereocenters. The average Bonchev–Trinajstić information content (AvgIpc) is 2.80. The quantitative estimate of drug-likeness (QED) is 0.840. The van der Waals surface area contributed by atoms with Crippen molar-refractivity contribution in [2.24, 2.45) is 0 Å². The number of hydrogen-bond donors (Lipinski definition) is 2. The number of hydrogen-bond acceptors (Lipinski definition) is 3. The zero-order valence-corrected chi connectivity index (χ0v) is 11.4. The molecule has 106 valence electrons. The standard InChI is InChI=1S/C17H15NO3/c19-10-13-3-1-2-11(8-13)4-5-12-6-7-14-15(9-12)17(21)18-16(14)20/h1-3,6-9,19H,4-5,10H2,(H,18,20,21). The lowest BCUT2D eigenvalue weighted by Crippen LogP contribution is -2.19. The SMILES string of the molecule is O=C1NC(=O)c2cc(CCc3cccc(CO)c3)ccc21. The molecule has 0 aromatic heterocycles. The topological polar surface area (TPSA) is 66.4 Å². The number of benzene rings is 2. The summed E-state index contributed by atoms with van der Waals surface area (Å²) in [7, 11) is 0. The fraction of sp³-hybridized carbons (Fsp3) is 0.176. The van der Waals surface area contributed by atoms with Gasteiger partial charge in [-0.3, -0.25) is 14.9 Å². The highest BCUT2D eigenvalue weighted by atomic mass is 16.3. The fourth-order valence-corrected chi connectivity index (χ4v) is 2.54. The van der Waals surface area contributed by atoms with E-state index in [0.717, 1.165) is 29.5 Å². The van der Waals surface area contributed by atoms with E-state index in [1.54, 1.807) is 12.1 Å². The van der Waals surface area contributed by atoms with Gasteiger partial charge in [-0.05, 0) is 41.7 Å². The van der Waals surface area contributed by atoms with Crippen molar-refractivity contribution in [1.29, 1.82) is 0 Å². The third-order valence-corrected chi connectivity index (χ3v) is 3.68. The molecule has 1 aliphatic rings. The lowest BCUT2D eigenvalue weighted by atomic mass is 9.99. The molecule has 2 amide bonds. The Bertz CT molecular complexity index is 722. The van der Waals surface area contributed by atoms with Crippen molar-refractivity contribution in [1.82, 2.24) is 5.32 Å². The van der Waals surface area contributed by atoms with Crippen LogP contribution < -0.4 is 5.32 Å². The molecule has 1 aliphatic heterocycles. The Balaban J connectivity index is 1.75. The first kappa shape index (κ1) is 13.5. The fourth-order valence-electron chi connectivity index (χ4n) is 2.54. The number of aryl methyl sites for hydroxylation is 2. The van der Waals surface area contributed by atoms with E-state index in [1.165, 1.54) is 0 Å². The zero-order chi connectivity index (χ0) is 14.8. The number of nitrogens with one attached hydrogen (secondary N) is 1. The van der Waals surface area contributed by atoms with Gasteiger partial charge in [-0.2, -0.15) is 0 Å². The third-order valence-electron chi connectivity index (χ3n) is 3.68. The predicted octanol–water partition coefficient (Wildman–Crippen LogP) is 1.85. The monoisotopic (exact) mass is 281 g/mol. The molecule has 0 spiro atoms. The maximum Gasteiger partial charge on any atom is 0.258 e. The number of amides is 2. The number of rotatable bonds is 4. The zero-order valence-electron chi connectivity index (χ0n) is 11.4. The van der Waals surface area contributed by atoms with Crippen LogP contribution in [0, 0.1) is 0 Å². The Morgan fingerprint density at radius 1 is 0.810 bits per heavy atom. The Hall–Kier alpha value is -2.46. The predicted molar refractivity (Wildman–Crippen MR) is 78.0 cm³/mol. The van der Waals surface area contributed by atoms with Crippen LogP contribution in [0.2, 0.25) is 0 Å². The van der Waals surface area contributed by atoms with E-state index in [2.05, 4.69) is 5.32 Å². The van der Waals surface area contributed by atoms with Crippen molar-refractivity contribution in [3.8, 4) is 0 Å². The van der Waals surface area contributed by atoms with E-state index in [9.17, 15) is 9.59 Å². The van der Waals surface area contributed by atoms with Crippen molar-refractivity contribution in [3.05, 3.63) is 70.3 Å². The van der Waals surface area contributed by atoms with Gasteiger partial charge in [-0.1, -0.05) is 30.3 Å². The number of carbonyl (C=O) groups is 2. The van der Waals surface area contributed by atoms with Crippen molar-refractivity contribution >= 4 is 11.8 Å². The molecule has 1 heterocycles. The maximum atomic E-state index is 11.6. The van der Waals surface area contributed by atoms with E-state index in [0.29, 0.717) is 11.1 Å². The highest BCUT2D eigenvalue weighted by Gasteiger charge is 2.26. The van der Waals surface area contributed by atoms with Crippen LogP contribution in [-0.4, -0.2) is 16.9 Å². The Labute approximate surface area is 122 Å². The van der Waals surface area contributed by atoms with Gasteiger partial charge in [0.05, 0.1) is 17.7 Å². The number of fused-ring (bicyclic) bond motifs is 1. The van der Waals surface area contributed by atoms with Crippen molar-refractivity contribution in [2.45, 2.75) is 19.4 Å². The minimum absolute atomic E-state index is 0.0367. The number of carbonyl (C=O) groups excluding carboxylic acids is 2. The van der Waals surface area contributed by atoms with Gasteiger partial charge in [0.15, 0.2) is 0 Å². The molecule has 0 fully saturated rings. The van der Waals surface area contributed by atoms with Crippen molar-refractivity contribution < 1.29 is 14.7 Å². The molecule has 2 N–H and O–H groups in total. The molecule has 3 rings (SSSR count). The molecule has 0 bridgehead atoms. The largest absolute Gasteiger partial charge is 0.392 e. The average molecular weight is 281 g/mol. The molecular weight excluding hydrogens is 266 g/mol. The van der Waals surface area contributed by atoms with Crippen LogP contribution in [0.1, 0.15) is 37.4 Å². The highest BCUT2D eigenvalue weighted by Crippen LogP contribution is 2.18. The summed E-state index contributed by atoms with van der Waals surface area (Å²) >= 11 is 0. The molecule has 0 radical (unpaired) electrons. The van der Waals surface area contributed by atoms with Crippen LogP contribution in [-0.2, 0) is 19.4 Å². The first-order chi connectivity index (χ1) is 10.2. The minimum atomic E-state index is -0.322. The van der Waals surface area contributed by atoms with E-state index >= 15 is 0 Å². The van der Waals surface area contributed by atoms with Gasteiger partial charge in [-0.15, -0.1) is 0 Å². The Morgan fingerprint density at radius 3 is 2.24 bits per heavy atom. The summed E-state index contributed by atoms with van der Waals surface area (Å²) in [6, 6.07) is 13.2. The number of aliphatic hydroxyl groups excluding tert-OH is 1. The maximum absolute atomic E-state index is 11.6. The van der Waals surface area contributed by atoms with E-state index in [1.807, 2.05) is 30.3 Å². The summed E-state index contributed by atoms with van der Waals surface area (Å²) in [6.45, 7) is 0.0367. The molecule has 0 saturated heterocycles. The second-order valence-electron chi connectivity index (χ2n) is 5.14. The van der Waals surface area contributed by atoms with Crippen LogP contribution in [0.5, 0.6) is 0 Å². The van der Waals surface area contributed by atoms with Crippen molar-refractivity contribution in [2.75, 3.05) is 0 Å². The third kappa shape index (κ3) is 2.71. The number of aliphatic hydroxyl groups is 1. The van der Waals surface area contributed by atoms with Crippen LogP contribution in [0.3, 0.4) is 0 Å². The highest BCUT2D eigenvalue weighted by molar-refractivity contribution is 6.21. The summed E-state index contributed by atoms with van der Waals surface area (Å²) in [4.78, 5) is 23.1. The second-order valence-corrected chi connectivity index (χ2v) is 5.14. The molecular formula is C17H15NO3. The molecule has 0 aliphatic carbocycles. The van der Waals surface area contributed by atoms with Crippen LogP contribution in [0.25, 0.3) is 0 Å². The van der Waals surface area contributed by atoms with Gasteiger partial charge in [0.2, 0.25) is 0 Å². The summed E-state index contributed by atoms with van der Waals surface area (Å²) in [5.41, 5.74) is 3.97. The second kappa shape index (κ2) is 5.50. The first-order valence-electron chi connectivity index (χ1n) is 6.84. The lowest BCUT2D eigenvalue weighted by Gasteiger charge is -2.05. The van der Waals surface area contributed by atoms with Gasteiger partial charge in [0.1, 0.15) is 0 Å². The van der Waals surface area contributed by atoms with Crippen LogP contribution in [0.4, 0.5) is 0 Å². The molecule has 21 heavy (non-hydrogen) atoms. The summed E-state index contributed by atoms with van der Waals surface area (Å²) in [5, 5.41) is 11.4. The minimum Gasteiger partial charge on any atom is -0.392 e. The lowest BCUT2D eigenvalue weighted by molar-refractivity contribution is 0.0879. The van der Waals surface area contributed by atoms with Gasteiger partial charge in [0, 0.05) is 0 Å². The van der Waals surface area contributed by atoms with E-state index < -0.39 is 0 Å². The van der Waals surface area contributed by atoms with E-state index in [4.69, 9.17) is 5.11 Å². The molecule has 0 saturated carbocycles. The molecule has 4 heteroatoms. The smallest absolute Gasteiger partial charge is 0.258 e. The molecule has 4 nitrogen and oxygen atoms in total. The Morgan fingerprint density at radius 2 is 1.48 bits per heavy atom. The Kier molecular flexibility index (Phi) is 3.54. The summed E-state index contributed by atoms with van der Waals surface area (Å²) in [6.07, 6.45) is 1.60. The van der Waals surface area contributed by atoms with Gasteiger partial charge in [-0.25, -0.2) is 0 Å². The van der Waals surface area contributed by atoms with Gasteiger partial charge < -0.3 is 5.11 Å². The van der Waals surface area contributed by atoms with Crippen molar-refractivity contribution in [3.63, 3.8) is 0 Å². The first-order valence-corrected chi connectivity index (χ1v) is 6.84. The van der Waals surface area contributed by atoms with E-state index in [-0.39, 0.29) is 18.4 Å². The molecule has 2 aromatic rings. The number of imide groups is 1.